The van der Waals surface area contributed by atoms with Gasteiger partial charge in [-0.2, -0.15) is 5.10 Å². The van der Waals surface area contributed by atoms with Gasteiger partial charge in [0.1, 0.15) is 0 Å². The number of nitrogens with one attached hydrogen (secondary N) is 1. The fraction of sp³-hybridized carbons (Fsp3) is 0. The monoisotopic (exact) mass is 319 g/mol. The van der Waals surface area contributed by atoms with Gasteiger partial charge in [-0.25, -0.2) is 5.43 Å². The van der Waals surface area contributed by atoms with E-state index in [4.69, 9.17) is 0 Å². The predicted molar refractivity (Wildman–Crippen MR) is 92.1 cm³/mol. The van der Waals surface area contributed by atoms with Crippen molar-refractivity contribution in [2.75, 3.05) is 0 Å². The summed E-state index contributed by atoms with van der Waals surface area (Å²) in [4.78, 5) is 22.0. The Morgan fingerprint density at radius 1 is 1.00 bits per heavy atom. The second kappa shape index (κ2) is 6.70. The Morgan fingerprint density at radius 3 is 2.42 bits per heavy atom. The molecule has 0 aromatic heterocycles. The molecule has 3 aromatic carbocycles. The van der Waals surface area contributed by atoms with Gasteiger partial charge in [-0.15, -0.1) is 0 Å². The zero-order valence-corrected chi connectivity index (χ0v) is 12.5. The number of hydrogen-bond donors (Lipinski definition) is 1. The Labute approximate surface area is 137 Å². The number of amides is 1. The van der Waals surface area contributed by atoms with Crippen LogP contribution in [0.5, 0.6) is 0 Å². The highest BCUT2D eigenvalue weighted by Crippen LogP contribution is 2.14. The van der Waals surface area contributed by atoms with Gasteiger partial charge in [0.15, 0.2) is 0 Å². The number of rotatable bonds is 4. The molecule has 0 unspecified atom stereocenters. The molecule has 24 heavy (non-hydrogen) atoms. The van der Waals surface area contributed by atoms with Crippen LogP contribution in [0.4, 0.5) is 5.69 Å². The molecule has 0 bridgehead atoms. The minimum absolute atomic E-state index is 0.0637. The Bertz CT molecular complexity index is 934. The first-order valence-electron chi connectivity index (χ1n) is 7.20. The molecule has 0 radical (unpaired) electrons. The lowest BCUT2D eigenvalue weighted by molar-refractivity contribution is -0.384. The molecule has 1 N–H and O–H groups in total. The van der Waals surface area contributed by atoms with Crippen LogP contribution in [0.15, 0.2) is 71.8 Å². The number of benzene rings is 3. The molecule has 0 aliphatic carbocycles. The van der Waals surface area contributed by atoms with E-state index in [9.17, 15) is 14.9 Å². The van der Waals surface area contributed by atoms with Crippen LogP contribution in [0.1, 0.15) is 15.9 Å². The summed E-state index contributed by atoms with van der Waals surface area (Å²) in [6.07, 6.45) is 1.55. The molecule has 6 heteroatoms. The zero-order valence-electron chi connectivity index (χ0n) is 12.5. The van der Waals surface area contributed by atoms with Crippen LogP contribution in [0.25, 0.3) is 10.8 Å². The highest BCUT2D eigenvalue weighted by Gasteiger charge is 2.08. The number of hydrazone groups is 1. The molecule has 6 nitrogen and oxygen atoms in total. The normalized spacial score (nSPS) is 10.8. The minimum atomic E-state index is -0.514. The van der Waals surface area contributed by atoms with Crippen molar-refractivity contribution in [1.82, 2.24) is 5.43 Å². The smallest absolute Gasteiger partial charge is 0.267 e. The summed E-state index contributed by atoms with van der Waals surface area (Å²) in [5, 5.41) is 16.7. The fourth-order valence-electron chi connectivity index (χ4n) is 2.25. The average molecular weight is 319 g/mol. The first kappa shape index (κ1) is 15.4. The maximum Gasteiger partial charge on any atom is 0.271 e. The van der Waals surface area contributed by atoms with Gasteiger partial charge in [-0.05, 0) is 34.5 Å². The number of nitrogens with zero attached hydrogens (tertiary/aromatic N) is 2. The molecule has 0 aliphatic heterocycles. The number of carbonyl (C=O) groups is 1. The van der Waals surface area contributed by atoms with Gasteiger partial charge in [-0.3, -0.25) is 14.9 Å². The van der Waals surface area contributed by atoms with Gasteiger partial charge in [0.2, 0.25) is 0 Å². The van der Waals surface area contributed by atoms with E-state index >= 15 is 0 Å². The molecule has 0 fully saturated rings. The van der Waals surface area contributed by atoms with Crippen molar-refractivity contribution in [2.45, 2.75) is 0 Å². The van der Waals surface area contributed by atoms with Crippen LogP contribution in [-0.2, 0) is 0 Å². The van der Waals surface area contributed by atoms with Crippen LogP contribution >= 0.6 is 0 Å². The highest BCUT2D eigenvalue weighted by molar-refractivity contribution is 5.95. The van der Waals surface area contributed by atoms with Gasteiger partial charge in [-0.1, -0.05) is 36.4 Å². The highest BCUT2D eigenvalue weighted by atomic mass is 16.6. The van der Waals surface area contributed by atoms with Crippen molar-refractivity contribution < 1.29 is 9.72 Å². The van der Waals surface area contributed by atoms with E-state index in [0.29, 0.717) is 5.56 Å². The first-order chi connectivity index (χ1) is 11.6. The second-order valence-corrected chi connectivity index (χ2v) is 5.11. The largest absolute Gasteiger partial charge is 0.271 e. The lowest BCUT2D eigenvalue weighted by Gasteiger charge is -2.01. The Morgan fingerprint density at radius 2 is 1.71 bits per heavy atom. The van der Waals surface area contributed by atoms with Crippen LogP contribution in [0.2, 0.25) is 0 Å². The molecule has 3 rings (SSSR count). The van der Waals surface area contributed by atoms with Gasteiger partial charge in [0.05, 0.1) is 11.1 Å². The first-order valence-corrected chi connectivity index (χ1v) is 7.20. The number of nitro groups is 1. The van der Waals surface area contributed by atoms with E-state index in [-0.39, 0.29) is 5.69 Å². The Kier molecular flexibility index (Phi) is 4.29. The summed E-state index contributed by atoms with van der Waals surface area (Å²) in [7, 11) is 0. The van der Waals surface area contributed by atoms with Crippen molar-refractivity contribution in [3.63, 3.8) is 0 Å². The minimum Gasteiger partial charge on any atom is -0.267 e. The lowest BCUT2D eigenvalue weighted by Crippen LogP contribution is -2.17. The molecule has 0 aliphatic rings. The van der Waals surface area contributed by atoms with Crippen LogP contribution < -0.4 is 5.43 Å². The van der Waals surface area contributed by atoms with Gasteiger partial charge < -0.3 is 0 Å². The van der Waals surface area contributed by atoms with E-state index in [1.807, 2.05) is 42.5 Å². The lowest BCUT2D eigenvalue weighted by atomic mass is 10.1. The SMILES string of the molecule is O=C(N/N=C/c1ccc2ccccc2c1)c1ccc([N+](=O)[O-])cc1. The topological polar surface area (TPSA) is 84.6 Å². The second-order valence-electron chi connectivity index (χ2n) is 5.11. The van der Waals surface area contributed by atoms with Gasteiger partial charge >= 0.3 is 0 Å². The van der Waals surface area contributed by atoms with E-state index in [0.717, 1.165) is 16.3 Å². The summed E-state index contributed by atoms with van der Waals surface area (Å²) in [5.74, 6) is -0.429. The number of nitro benzene ring substituents is 1. The number of non-ortho nitro benzene ring substituents is 1. The van der Waals surface area contributed by atoms with Crippen molar-refractivity contribution >= 4 is 28.6 Å². The summed E-state index contributed by atoms with van der Waals surface area (Å²) in [5.41, 5.74) is 3.50. The molecule has 3 aromatic rings. The van der Waals surface area contributed by atoms with E-state index in [1.54, 1.807) is 6.21 Å². The van der Waals surface area contributed by atoms with Gasteiger partial charge in [0, 0.05) is 17.7 Å². The maximum absolute atomic E-state index is 11.9. The van der Waals surface area contributed by atoms with E-state index in [1.165, 1.54) is 24.3 Å². The van der Waals surface area contributed by atoms with Crippen molar-refractivity contribution in [2.24, 2.45) is 5.10 Å². The Hall–Kier alpha value is -3.54. The summed E-state index contributed by atoms with van der Waals surface area (Å²) < 4.78 is 0. The van der Waals surface area contributed by atoms with Gasteiger partial charge in [0.25, 0.3) is 11.6 Å². The standard InChI is InChI=1S/C18H13N3O3/c22-18(15-7-9-17(10-8-15)21(23)24)20-19-12-13-5-6-14-3-1-2-4-16(14)11-13/h1-12H,(H,20,22)/b19-12+. The number of hydrogen-bond acceptors (Lipinski definition) is 4. The molecule has 118 valence electrons. The third-order valence-electron chi connectivity index (χ3n) is 3.49. The molecule has 1 amide bonds. The summed E-state index contributed by atoms with van der Waals surface area (Å²) in [6.45, 7) is 0. The fourth-order valence-corrected chi connectivity index (χ4v) is 2.25. The average Bonchev–Trinajstić information content (AvgIpc) is 2.61. The van der Waals surface area contributed by atoms with Crippen molar-refractivity contribution in [1.29, 1.82) is 0 Å². The zero-order chi connectivity index (χ0) is 16.9. The third-order valence-corrected chi connectivity index (χ3v) is 3.49. The van der Waals surface area contributed by atoms with Crippen LogP contribution in [0, 0.1) is 10.1 Å². The molecule has 0 saturated carbocycles. The molecular formula is C18H13N3O3. The Balaban J connectivity index is 1.68. The molecular weight excluding hydrogens is 306 g/mol. The number of carbonyl (C=O) groups excluding carboxylic acids is 1. The van der Waals surface area contributed by atoms with Crippen molar-refractivity contribution in [3.8, 4) is 0 Å². The quantitative estimate of drug-likeness (QED) is 0.453. The van der Waals surface area contributed by atoms with E-state index < -0.39 is 10.8 Å². The molecule has 0 heterocycles. The molecule has 0 saturated heterocycles. The third kappa shape index (κ3) is 3.44. The van der Waals surface area contributed by atoms with E-state index in [2.05, 4.69) is 10.5 Å². The molecule has 0 atom stereocenters. The van der Waals surface area contributed by atoms with Crippen molar-refractivity contribution in [3.05, 3.63) is 88.0 Å². The summed E-state index contributed by atoms with van der Waals surface area (Å²) in [6, 6.07) is 19.1. The van der Waals surface area contributed by atoms with Crippen LogP contribution in [-0.4, -0.2) is 17.0 Å². The maximum atomic E-state index is 11.9. The molecule has 0 spiro atoms. The van der Waals surface area contributed by atoms with Crippen LogP contribution in [0.3, 0.4) is 0 Å². The number of fused-ring (bicyclic) bond motifs is 1. The summed E-state index contributed by atoms with van der Waals surface area (Å²) >= 11 is 0. The predicted octanol–water partition coefficient (Wildman–Crippen LogP) is 3.51.